The number of nitrogens with zero attached hydrogens (tertiary/aromatic N) is 2. The SMILES string of the molecule is CCCCCCCc1cc(C)c(C#Cc2ccc(C#N)c(F)c2)c(CCCCCCCCc2cc(C)c(C#Cc3cc(F)c(C#N)c(F)c3)c(C)c2)c1. The van der Waals surface area contributed by atoms with E-state index in [9.17, 15) is 13.2 Å². The van der Waals surface area contributed by atoms with Crippen LogP contribution in [0.25, 0.3) is 0 Å². The minimum Gasteiger partial charge on any atom is -0.206 e. The fourth-order valence-electron chi connectivity index (χ4n) is 6.85. The first kappa shape index (κ1) is 40.5. The van der Waals surface area contributed by atoms with E-state index in [0.29, 0.717) is 5.56 Å². The van der Waals surface area contributed by atoms with Crippen LogP contribution >= 0.6 is 0 Å². The second-order valence-corrected chi connectivity index (χ2v) is 14.1. The van der Waals surface area contributed by atoms with Crippen molar-refractivity contribution in [2.75, 3.05) is 0 Å². The number of hydrogen-bond donors (Lipinski definition) is 0. The molecule has 272 valence electrons. The van der Waals surface area contributed by atoms with E-state index in [4.69, 9.17) is 10.5 Å². The molecule has 0 saturated heterocycles. The highest BCUT2D eigenvalue weighted by Crippen LogP contribution is 2.23. The summed E-state index contributed by atoms with van der Waals surface area (Å²) in [6.07, 6.45) is 16.1. The van der Waals surface area contributed by atoms with Crippen molar-refractivity contribution in [1.82, 2.24) is 0 Å². The maximum Gasteiger partial charge on any atom is 0.145 e. The number of benzene rings is 4. The normalized spacial score (nSPS) is 10.5. The van der Waals surface area contributed by atoms with Crippen molar-refractivity contribution in [3.8, 4) is 35.8 Å². The molecule has 53 heavy (non-hydrogen) atoms. The Balaban J connectivity index is 1.30. The Bertz CT molecular complexity index is 2060. The third kappa shape index (κ3) is 12.2. The minimum atomic E-state index is -0.903. The van der Waals surface area contributed by atoms with Gasteiger partial charge in [-0.05, 0) is 123 Å². The van der Waals surface area contributed by atoms with Crippen molar-refractivity contribution in [1.29, 1.82) is 10.5 Å². The van der Waals surface area contributed by atoms with Crippen LogP contribution in [0.1, 0.15) is 144 Å². The summed E-state index contributed by atoms with van der Waals surface area (Å²) >= 11 is 0. The Morgan fingerprint density at radius 1 is 0.472 bits per heavy atom. The Hall–Kier alpha value is -5.23. The van der Waals surface area contributed by atoms with E-state index in [1.54, 1.807) is 6.07 Å². The molecule has 0 atom stereocenters. The molecule has 0 bridgehead atoms. The summed E-state index contributed by atoms with van der Waals surface area (Å²) in [6, 6.07) is 19.0. The van der Waals surface area contributed by atoms with Gasteiger partial charge in [-0.2, -0.15) is 10.5 Å². The third-order valence-electron chi connectivity index (χ3n) is 9.71. The Kier molecular flexibility index (Phi) is 15.8. The Morgan fingerprint density at radius 2 is 0.962 bits per heavy atom. The molecule has 2 nitrogen and oxygen atoms in total. The summed E-state index contributed by atoms with van der Waals surface area (Å²) in [4.78, 5) is 0. The molecule has 0 unspecified atom stereocenters. The molecule has 0 aliphatic rings. The third-order valence-corrected chi connectivity index (χ3v) is 9.71. The van der Waals surface area contributed by atoms with Gasteiger partial charge in [0.15, 0.2) is 0 Å². The van der Waals surface area contributed by atoms with Crippen LogP contribution in [0.2, 0.25) is 0 Å². The molecular weight excluding hydrogens is 662 g/mol. The van der Waals surface area contributed by atoms with Gasteiger partial charge in [0.05, 0.1) is 5.56 Å². The minimum absolute atomic E-state index is 0.0271. The molecule has 0 fully saturated rings. The lowest BCUT2D eigenvalue weighted by Gasteiger charge is -2.12. The second kappa shape index (κ2) is 20.7. The predicted octanol–water partition coefficient (Wildman–Crippen LogP) is 12.2. The van der Waals surface area contributed by atoms with Crippen LogP contribution in [0.3, 0.4) is 0 Å². The summed E-state index contributed by atoms with van der Waals surface area (Å²) in [6.45, 7) is 8.38. The molecule has 0 aromatic heterocycles. The van der Waals surface area contributed by atoms with Gasteiger partial charge in [-0.3, -0.25) is 0 Å². The van der Waals surface area contributed by atoms with Crippen molar-refractivity contribution in [2.24, 2.45) is 0 Å². The lowest BCUT2D eigenvalue weighted by Crippen LogP contribution is -1.99. The van der Waals surface area contributed by atoms with E-state index in [2.05, 4.69) is 61.8 Å². The molecule has 5 heteroatoms. The quantitative estimate of drug-likeness (QED) is 0.0911. The first-order chi connectivity index (χ1) is 25.6. The van der Waals surface area contributed by atoms with Gasteiger partial charge in [-0.25, -0.2) is 13.2 Å². The molecular formula is C48H49F3N2. The number of hydrogen-bond acceptors (Lipinski definition) is 2. The van der Waals surface area contributed by atoms with E-state index >= 15 is 0 Å². The van der Waals surface area contributed by atoms with Crippen LogP contribution in [0.15, 0.2) is 54.6 Å². The fourth-order valence-corrected chi connectivity index (χ4v) is 6.85. The lowest BCUT2D eigenvalue weighted by molar-refractivity contribution is 0.576. The first-order valence-electron chi connectivity index (χ1n) is 19.0. The van der Waals surface area contributed by atoms with Gasteiger partial charge in [0.1, 0.15) is 35.2 Å². The summed E-state index contributed by atoms with van der Waals surface area (Å²) in [5, 5.41) is 18.0. The maximum atomic E-state index is 14.2. The van der Waals surface area contributed by atoms with Crippen molar-refractivity contribution in [2.45, 2.75) is 118 Å². The molecule has 4 aromatic carbocycles. The van der Waals surface area contributed by atoms with E-state index < -0.39 is 23.0 Å². The lowest BCUT2D eigenvalue weighted by atomic mass is 9.92. The van der Waals surface area contributed by atoms with E-state index in [1.165, 1.54) is 79.8 Å². The monoisotopic (exact) mass is 710 g/mol. The van der Waals surface area contributed by atoms with Crippen LogP contribution in [-0.4, -0.2) is 0 Å². The van der Waals surface area contributed by atoms with Crippen molar-refractivity contribution >= 4 is 0 Å². The van der Waals surface area contributed by atoms with Gasteiger partial charge >= 0.3 is 0 Å². The molecule has 0 aliphatic heterocycles. The highest BCUT2D eigenvalue weighted by molar-refractivity contribution is 5.54. The zero-order valence-corrected chi connectivity index (χ0v) is 31.6. The van der Waals surface area contributed by atoms with Gasteiger partial charge in [0, 0.05) is 22.3 Å². The average molecular weight is 711 g/mol. The number of unbranched alkanes of at least 4 members (excludes halogenated alkanes) is 9. The van der Waals surface area contributed by atoms with E-state index in [-0.39, 0.29) is 11.1 Å². The standard InChI is InChI=1S/C48H49F3N2/c1-5-6-7-10-13-17-39-27-36(4)44(24-20-37-19-22-42(32-52)46(49)29-37)41(28-39)18-15-12-9-8-11-14-16-38-25-34(2)43(35(3)26-38)23-21-40-30-47(50)45(33-53)48(51)31-40/h19,22,25-31H,5-18H2,1-4H3. The van der Waals surface area contributed by atoms with Crippen LogP contribution in [0.4, 0.5) is 13.2 Å². The summed E-state index contributed by atoms with van der Waals surface area (Å²) < 4.78 is 42.2. The molecule has 0 spiro atoms. The van der Waals surface area contributed by atoms with E-state index in [0.717, 1.165) is 84.9 Å². The molecule has 0 aliphatic carbocycles. The molecule has 0 saturated carbocycles. The smallest absolute Gasteiger partial charge is 0.145 e. The Labute approximate surface area is 315 Å². The average Bonchev–Trinajstić information content (AvgIpc) is 3.12. The summed E-state index contributed by atoms with van der Waals surface area (Å²) in [7, 11) is 0. The van der Waals surface area contributed by atoms with E-state index in [1.807, 2.05) is 19.9 Å². The molecule has 4 aromatic rings. The van der Waals surface area contributed by atoms with Gasteiger partial charge in [-0.1, -0.05) is 106 Å². The number of halogens is 3. The van der Waals surface area contributed by atoms with Crippen molar-refractivity contribution in [3.05, 3.63) is 139 Å². The molecule has 0 radical (unpaired) electrons. The number of rotatable bonds is 15. The number of nitriles is 2. The van der Waals surface area contributed by atoms with Crippen LogP contribution in [0.5, 0.6) is 0 Å². The molecule has 4 rings (SSSR count). The predicted molar refractivity (Wildman–Crippen MR) is 209 cm³/mol. The van der Waals surface area contributed by atoms with Gasteiger partial charge in [0.2, 0.25) is 0 Å². The highest BCUT2D eigenvalue weighted by Gasteiger charge is 2.11. The van der Waals surface area contributed by atoms with Crippen LogP contribution in [0, 0.1) is 84.6 Å². The second-order valence-electron chi connectivity index (χ2n) is 14.1. The van der Waals surface area contributed by atoms with Crippen LogP contribution in [-0.2, 0) is 19.3 Å². The zero-order chi connectivity index (χ0) is 38.2. The van der Waals surface area contributed by atoms with Crippen molar-refractivity contribution < 1.29 is 13.2 Å². The Morgan fingerprint density at radius 3 is 1.53 bits per heavy atom. The largest absolute Gasteiger partial charge is 0.206 e. The van der Waals surface area contributed by atoms with Gasteiger partial charge < -0.3 is 0 Å². The molecule has 0 amide bonds. The van der Waals surface area contributed by atoms with Gasteiger partial charge in [-0.15, -0.1) is 0 Å². The first-order valence-corrected chi connectivity index (χ1v) is 19.0. The topological polar surface area (TPSA) is 47.6 Å². The fraction of sp³-hybridized carbons (Fsp3) is 0.375. The van der Waals surface area contributed by atoms with Gasteiger partial charge in [0.25, 0.3) is 0 Å². The number of aryl methyl sites for hydroxylation is 6. The summed E-state index contributed by atoms with van der Waals surface area (Å²) in [5.74, 6) is 10.1. The maximum absolute atomic E-state index is 14.2. The molecule has 0 heterocycles. The highest BCUT2D eigenvalue weighted by atomic mass is 19.1. The van der Waals surface area contributed by atoms with Crippen molar-refractivity contribution in [3.63, 3.8) is 0 Å². The zero-order valence-electron chi connectivity index (χ0n) is 31.6. The summed E-state index contributed by atoms with van der Waals surface area (Å²) in [5.41, 5.74) is 9.21. The molecule has 0 N–H and O–H groups in total. The van der Waals surface area contributed by atoms with Crippen LogP contribution < -0.4 is 0 Å².